The summed E-state index contributed by atoms with van der Waals surface area (Å²) < 4.78 is 10.5. The third-order valence-electron chi connectivity index (χ3n) is 3.68. The minimum Gasteiger partial charge on any atom is -0.493 e. The van der Waals surface area contributed by atoms with Gasteiger partial charge in [0.05, 0.1) is 32.4 Å². The maximum absolute atomic E-state index is 8.78. The van der Waals surface area contributed by atoms with E-state index in [0.717, 1.165) is 17.5 Å². The minimum absolute atomic E-state index is 0. The molecule has 7 heteroatoms. The number of nitrogens with zero attached hydrogens (tertiary/aromatic N) is 2. The summed E-state index contributed by atoms with van der Waals surface area (Å²) in [5, 5.41) is 11.9. The number of aliphatic imine (C=N–C) groups is 1. The number of rotatable bonds is 7. The molecule has 0 unspecified atom stereocenters. The molecule has 0 aliphatic carbocycles. The van der Waals surface area contributed by atoms with Gasteiger partial charge in [0.25, 0.3) is 0 Å². The summed E-state index contributed by atoms with van der Waals surface area (Å²) in [6.07, 6.45) is 0.785. The highest BCUT2D eigenvalue weighted by molar-refractivity contribution is 14.0. The third-order valence-corrected chi connectivity index (χ3v) is 3.68. The molecule has 0 radical (unpaired) electrons. The maximum atomic E-state index is 8.78. The summed E-state index contributed by atoms with van der Waals surface area (Å²) in [5.41, 5.74) is 8.64. The Morgan fingerprint density at radius 3 is 2.35 bits per heavy atom. The van der Waals surface area contributed by atoms with Gasteiger partial charge in [0.15, 0.2) is 17.5 Å². The quantitative estimate of drug-likeness (QED) is 0.372. The van der Waals surface area contributed by atoms with E-state index in [1.807, 2.05) is 30.3 Å². The minimum atomic E-state index is 0. The Labute approximate surface area is 171 Å². The number of hydrogen-bond donors (Lipinski definition) is 2. The molecule has 0 atom stereocenters. The molecule has 2 aromatic rings. The van der Waals surface area contributed by atoms with Crippen LogP contribution in [0.4, 0.5) is 0 Å². The molecule has 0 aliphatic rings. The fourth-order valence-corrected chi connectivity index (χ4v) is 2.29. The first-order valence-corrected chi connectivity index (χ1v) is 7.90. The molecule has 2 rings (SSSR count). The van der Waals surface area contributed by atoms with Crippen LogP contribution in [0.25, 0.3) is 0 Å². The van der Waals surface area contributed by atoms with Crippen molar-refractivity contribution < 1.29 is 9.47 Å². The molecule has 6 nitrogen and oxygen atoms in total. The number of guanidine groups is 1. The van der Waals surface area contributed by atoms with Crippen molar-refractivity contribution in [2.75, 3.05) is 20.8 Å². The molecule has 26 heavy (non-hydrogen) atoms. The van der Waals surface area contributed by atoms with Crippen molar-refractivity contribution in [2.45, 2.75) is 13.0 Å². The predicted octanol–water partition coefficient (Wildman–Crippen LogP) is 2.84. The number of nitrogens with one attached hydrogen (secondary N) is 1. The lowest BCUT2D eigenvalue weighted by molar-refractivity contribution is 0.354. The average molecular weight is 466 g/mol. The number of nitrogens with two attached hydrogens (primary N) is 1. The average Bonchev–Trinajstić information content (AvgIpc) is 2.66. The summed E-state index contributed by atoms with van der Waals surface area (Å²) in [4.78, 5) is 4.30. The molecule has 0 amide bonds. The molecule has 138 valence electrons. The zero-order valence-corrected chi connectivity index (χ0v) is 17.2. The second kappa shape index (κ2) is 11.2. The Hall–Kier alpha value is -2.47. The zero-order chi connectivity index (χ0) is 18.1. The van der Waals surface area contributed by atoms with Crippen LogP contribution in [0.5, 0.6) is 11.5 Å². The fraction of sp³-hybridized carbons (Fsp3) is 0.263. The van der Waals surface area contributed by atoms with E-state index in [-0.39, 0.29) is 24.0 Å². The molecular weight excluding hydrogens is 443 g/mol. The monoisotopic (exact) mass is 466 g/mol. The van der Waals surface area contributed by atoms with Crippen molar-refractivity contribution in [1.29, 1.82) is 5.26 Å². The summed E-state index contributed by atoms with van der Waals surface area (Å²) >= 11 is 0. The van der Waals surface area contributed by atoms with Crippen molar-refractivity contribution >= 4 is 29.9 Å². The highest BCUT2D eigenvalue weighted by Gasteiger charge is 2.04. The van der Waals surface area contributed by atoms with Crippen LogP contribution < -0.4 is 20.5 Å². The summed E-state index contributed by atoms with van der Waals surface area (Å²) in [6.45, 7) is 1.14. The van der Waals surface area contributed by atoms with E-state index >= 15 is 0 Å². The van der Waals surface area contributed by atoms with Gasteiger partial charge in [0, 0.05) is 6.54 Å². The fourth-order valence-electron chi connectivity index (χ4n) is 2.29. The SMILES string of the molecule is COc1ccc(CCNC(N)=NCc2ccc(C#N)cc2)cc1OC.I. The van der Waals surface area contributed by atoms with Crippen molar-refractivity contribution in [1.82, 2.24) is 5.32 Å². The molecule has 0 heterocycles. The van der Waals surface area contributed by atoms with Crippen LogP contribution in [0.1, 0.15) is 16.7 Å². The molecule has 0 aliphatic heterocycles. The van der Waals surface area contributed by atoms with Crippen LogP contribution in [0, 0.1) is 11.3 Å². The number of methoxy groups -OCH3 is 2. The smallest absolute Gasteiger partial charge is 0.188 e. The van der Waals surface area contributed by atoms with Crippen LogP contribution in [0.15, 0.2) is 47.5 Å². The first kappa shape index (κ1) is 21.6. The van der Waals surface area contributed by atoms with Crippen molar-refractivity contribution in [3.63, 3.8) is 0 Å². The van der Waals surface area contributed by atoms with Crippen molar-refractivity contribution in [3.05, 3.63) is 59.2 Å². The van der Waals surface area contributed by atoms with Gasteiger partial charge in [-0.2, -0.15) is 5.26 Å². The van der Waals surface area contributed by atoms with E-state index in [2.05, 4.69) is 16.4 Å². The number of halogens is 1. The van der Waals surface area contributed by atoms with Gasteiger partial charge in [-0.15, -0.1) is 24.0 Å². The molecule has 2 aromatic carbocycles. The van der Waals surface area contributed by atoms with Gasteiger partial charge in [-0.05, 0) is 41.8 Å². The Bertz CT molecular complexity index is 770. The number of hydrogen-bond acceptors (Lipinski definition) is 4. The lowest BCUT2D eigenvalue weighted by Crippen LogP contribution is -2.33. The highest BCUT2D eigenvalue weighted by atomic mass is 127. The lowest BCUT2D eigenvalue weighted by atomic mass is 10.1. The standard InChI is InChI=1S/C19H22N4O2.HI/c1-24-17-8-7-14(11-18(17)25-2)9-10-22-19(21)23-13-16-5-3-15(12-20)4-6-16;/h3-8,11H,9-10,13H2,1-2H3,(H3,21,22,23);1H. The van der Waals surface area contributed by atoms with Gasteiger partial charge >= 0.3 is 0 Å². The lowest BCUT2D eigenvalue weighted by Gasteiger charge is -2.10. The van der Waals surface area contributed by atoms with E-state index in [0.29, 0.717) is 36.1 Å². The Morgan fingerprint density at radius 1 is 1.08 bits per heavy atom. The van der Waals surface area contributed by atoms with E-state index in [4.69, 9.17) is 20.5 Å². The Morgan fingerprint density at radius 2 is 1.73 bits per heavy atom. The van der Waals surface area contributed by atoms with Gasteiger partial charge < -0.3 is 20.5 Å². The number of ether oxygens (including phenoxy) is 2. The highest BCUT2D eigenvalue weighted by Crippen LogP contribution is 2.27. The molecule has 0 saturated carbocycles. The normalized spacial score (nSPS) is 10.4. The van der Waals surface area contributed by atoms with Crippen LogP contribution in [-0.2, 0) is 13.0 Å². The molecule has 0 spiro atoms. The molecule has 3 N–H and O–H groups in total. The van der Waals surface area contributed by atoms with Crippen LogP contribution >= 0.6 is 24.0 Å². The summed E-state index contributed by atoms with van der Waals surface area (Å²) in [6, 6.07) is 15.2. The van der Waals surface area contributed by atoms with E-state index in [9.17, 15) is 0 Å². The van der Waals surface area contributed by atoms with Crippen LogP contribution in [0.2, 0.25) is 0 Å². The third kappa shape index (κ3) is 6.44. The van der Waals surface area contributed by atoms with Gasteiger partial charge in [0.2, 0.25) is 0 Å². The van der Waals surface area contributed by atoms with Crippen LogP contribution in [0.3, 0.4) is 0 Å². The Kier molecular flexibility index (Phi) is 9.30. The van der Waals surface area contributed by atoms with E-state index < -0.39 is 0 Å². The second-order valence-corrected chi connectivity index (χ2v) is 5.38. The van der Waals surface area contributed by atoms with Gasteiger partial charge in [-0.3, -0.25) is 0 Å². The summed E-state index contributed by atoms with van der Waals surface area (Å²) in [5.74, 6) is 1.81. The van der Waals surface area contributed by atoms with Gasteiger partial charge in [-0.1, -0.05) is 18.2 Å². The van der Waals surface area contributed by atoms with Crippen molar-refractivity contribution in [2.24, 2.45) is 10.7 Å². The largest absolute Gasteiger partial charge is 0.493 e. The zero-order valence-electron chi connectivity index (χ0n) is 14.9. The Balaban J connectivity index is 0.00000338. The molecule has 0 aromatic heterocycles. The molecule has 0 saturated heterocycles. The molecular formula is C19H23IN4O2. The number of benzene rings is 2. The molecule has 0 fully saturated rings. The topological polar surface area (TPSA) is 92.7 Å². The number of nitriles is 1. The van der Waals surface area contributed by atoms with Crippen LogP contribution in [-0.4, -0.2) is 26.7 Å². The second-order valence-electron chi connectivity index (χ2n) is 5.38. The first-order valence-electron chi connectivity index (χ1n) is 7.90. The maximum Gasteiger partial charge on any atom is 0.188 e. The molecule has 0 bridgehead atoms. The van der Waals surface area contributed by atoms with E-state index in [1.54, 1.807) is 26.4 Å². The predicted molar refractivity (Wildman–Crippen MR) is 113 cm³/mol. The van der Waals surface area contributed by atoms with E-state index in [1.165, 1.54) is 0 Å². The van der Waals surface area contributed by atoms with Gasteiger partial charge in [-0.25, -0.2) is 4.99 Å². The van der Waals surface area contributed by atoms with Crippen molar-refractivity contribution in [3.8, 4) is 17.6 Å². The summed E-state index contributed by atoms with van der Waals surface area (Å²) in [7, 11) is 3.23. The first-order chi connectivity index (χ1) is 12.2. The van der Waals surface area contributed by atoms with Gasteiger partial charge in [0.1, 0.15) is 0 Å².